The van der Waals surface area contributed by atoms with Crippen LogP contribution in [-0.2, 0) is 0 Å². The Bertz CT molecular complexity index is 231. The minimum Gasteiger partial charge on any atom is -0.392 e. The molecule has 0 heterocycles. The lowest BCUT2D eigenvalue weighted by atomic mass is 9.68. The molecule has 0 aromatic carbocycles. The molecule has 0 amide bonds. The average molecular weight is 166 g/mol. The molecule has 1 heteroatoms. The van der Waals surface area contributed by atoms with Crippen LogP contribution in [0.25, 0.3) is 0 Å². The monoisotopic (exact) mass is 166 g/mol. The highest BCUT2D eigenvalue weighted by molar-refractivity contribution is 5.26. The van der Waals surface area contributed by atoms with E-state index in [-0.39, 0.29) is 11.5 Å². The van der Waals surface area contributed by atoms with Gasteiger partial charge in [-0.2, -0.15) is 0 Å². The van der Waals surface area contributed by atoms with Gasteiger partial charge < -0.3 is 5.11 Å². The molecule has 0 unspecified atom stereocenters. The fourth-order valence-electron chi connectivity index (χ4n) is 2.77. The first kappa shape index (κ1) is 8.31. The van der Waals surface area contributed by atoms with Crippen LogP contribution in [0.3, 0.4) is 0 Å². The summed E-state index contributed by atoms with van der Waals surface area (Å²) < 4.78 is 0. The molecule has 0 aromatic heterocycles. The Morgan fingerprint density at radius 3 is 2.83 bits per heavy atom. The fourth-order valence-corrected chi connectivity index (χ4v) is 2.77. The third-order valence-corrected chi connectivity index (χ3v) is 4.14. The number of hydrogen-bond donors (Lipinski definition) is 1. The van der Waals surface area contributed by atoms with Crippen molar-refractivity contribution in [3.8, 4) is 0 Å². The highest BCUT2D eigenvalue weighted by Crippen LogP contribution is 2.52. The van der Waals surface area contributed by atoms with Crippen LogP contribution in [0.2, 0.25) is 0 Å². The van der Waals surface area contributed by atoms with Gasteiger partial charge in [0, 0.05) is 11.3 Å². The van der Waals surface area contributed by atoms with Crippen LogP contribution in [0.1, 0.15) is 33.6 Å². The molecule has 0 aliphatic heterocycles. The van der Waals surface area contributed by atoms with Gasteiger partial charge in [0.1, 0.15) is 0 Å². The van der Waals surface area contributed by atoms with Crippen molar-refractivity contribution in [1.29, 1.82) is 0 Å². The van der Waals surface area contributed by atoms with Gasteiger partial charge in [-0.3, -0.25) is 0 Å². The molecule has 1 N–H and O–H groups in total. The molecular formula is C11H18O. The SMILES string of the molecule is CC1=C[C@H]2[C@H](C)CC[C@@]1(C)[C@H]2O. The predicted molar refractivity (Wildman–Crippen MR) is 49.8 cm³/mol. The Balaban J connectivity index is 2.36. The molecule has 1 saturated carbocycles. The van der Waals surface area contributed by atoms with E-state index in [1.54, 1.807) is 0 Å². The Morgan fingerprint density at radius 2 is 2.25 bits per heavy atom. The summed E-state index contributed by atoms with van der Waals surface area (Å²) in [5.74, 6) is 1.11. The summed E-state index contributed by atoms with van der Waals surface area (Å²) in [7, 11) is 0. The fraction of sp³-hybridized carbons (Fsp3) is 0.818. The van der Waals surface area contributed by atoms with E-state index in [0.29, 0.717) is 11.8 Å². The maximum atomic E-state index is 10.1. The van der Waals surface area contributed by atoms with Crippen LogP contribution in [0.4, 0.5) is 0 Å². The van der Waals surface area contributed by atoms with Crippen LogP contribution in [0.15, 0.2) is 11.6 Å². The van der Waals surface area contributed by atoms with Crippen molar-refractivity contribution in [3.05, 3.63) is 11.6 Å². The summed E-state index contributed by atoms with van der Waals surface area (Å²) in [6.45, 7) is 6.62. The minimum atomic E-state index is -0.110. The van der Waals surface area contributed by atoms with E-state index in [1.807, 2.05) is 0 Å². The van der Waals surface area contributed by atoms with Crippen LogP contribution < -0.4 is 0 Å². The zero-order valence-electron chi connectivity index (χ0n) is 8.17. The standard InChI is InChI=1S/C11H18O/c1-7-4-5-11(3)8(2)6-9(7)10(11)12/h6-7,9-10,12H,4-5H2,1-3H3/t7-,9+,10+,11-/m1/s1. The van der Waals surface area contributed by atoms with E-state index < -0.39 is 0 Å². The lowest BCUT2D eigenvalue weighted by Crippen LogP contribution is -2.40. The lowest BCUT2D eigenvalue weighted by molar-refractivity contribution is -0.00963. The molecule has 0 saturated heterocycles. The van der Waals surface area contributed by atoms with Gasteiger partial charge in [0.15, 0.2) is 0 Å². The number of aliphatic hydroxyl groups excluding tert-OH is 1. The number of fused-ring (bicyclic) bond motifs is 2. The molecular weight excluding hydrogens is 148 g/mol. The van der Waals surface area contributed by atoms with E-state index in [9.17, 15) is 5.11 Å². The Morgan fingerprint density at radius 1 is 1.58 bits per heavy atom. The van der Waals surface area contributed by atoms with Gasteiger partial charge in [0.05, 0.1) is 6.10 Å². The Hall–Kier alpha value is -0.300. The van der Waals surface area contributed by atoms with Crippen LogP contribution in [0, 0.1) is 17.3 Å². The molecule has 2 bridgehead atoms. The lowest BCUT2D eigenvalue weighted by Gasteiger charge is -2.40. The molecule has 0 spiro atoms. The zero-order valence-corrected chi connectivity index (χ0v) is 8.17. The molecule has 0 radical (unpaired) electrons. The van der Waals surface area contributed by atoms with E-state index in [0.717, 1.165) is 6.42 Å². The van der Waals surface area contributed by atoms with Crippen molar-refractivity contribution in [2.75, 3.05) is 0 Å². The molecule has 2 aliphatic rings. The summed E-state index contributed by atoms with van der Waals surface area (Å²) in [6.07, 6.45) is 4.61. The summed E-state index contributed by atoms with van der Waals surface area (Å²) in [6, 6.07) is 0. The van der Waals surface area contributed by atoms with Crippen LogP contribution in [-0.4, -0.2) is 11.2 Å². The van der Waals surface area contributed by atoms with Gasteiger partial charge in [0.2, 0.25) is 0 Å². The van der Waals surface area contributed by atoms with Gasteiger partial charge in [0.25, 0.3) is 0 Å². The van der Waals surface area contributed by atoms with Gasteiger partial charge >= 0.3 is 0 Å². The topological polar surface area (TPSA) is 20.2 Å². The first-order chi connectivity index (χ1) is 5.55. The van der Waals surface area contributed by atoms with E-state index >= 15 is 0 Å². The molecule has 1 nitrogen and oxygen atoms in total. The molecule has 0 aromatic rings. The molecule has 68 valence electrons. The van der Waals surface area contributed by atoms with E-state index in [2.05, 4.69) is 26.8 Å². The smallest absolute Gasteiger partial charge is 0.0695 e. The second-order valence-electron chi connectivity index (χ2n) is 4.81. The second kappa shape index (κ2) is 2.35. The molecule has 2 rings (SSSR count). The first-order valence-corrected chi connectivity index (χ1v) is 4.92. The highest BCUT2D eigenvalue weighted by atomic mass is 16.3. The van der Waals surface area contributed by atoms with Crippen molar-refractivity contribution in [1.82, 2.24) is 0 Å². The summed E-state index contributed by atoms with van der Waals surface area (Å²) in [5, 5.41) is 10.1. The summed E-state index contributed by atoms with van der Waals surface area (Å²) in [5.41, 5.74) is 1.52. The maximum Gasteiger partial charge on any atom is 0.0695 e. The molecule has 12 heavy (non-hydrogen) atoms. The number of rotatable bonds is 0. The van der Waals surface area contributed by atoms with Gasteiger partial charge in [-0.25, -0.2) is 0 Å². The summed E-state index contributed by atoms with van der Waals surface area (Å²) >= 11 is 0. The van der Waals surface area contributed by atoms with Crippen molar-refractivity contribution in [2.45, 2.75) is 39.7 Å². The largest absolute Gasteiger partial charge is 0.392 e. The van der Waals surface area contributed by atoms with E-state index in [1.165, 1.54) is 12.0 Å². The second-order valence-corrected chi connectivity index (χ2v) is 4.81. The summed E-state index contributed by atoms with van der Waals surface area (Å²) in [4.78, 5) is 0. The van der Waals surface area contributed by atoms with E-state index in [4.69, 9.17) is 0 Å². The van der Waals surface area contributed by atoms with Gasteiger partial charge in [-0.05, 0) is 25.7 Å². The normalized spacial score (nSPS) is 52.3. The third kappa shape index (κ3) is 0.832. The third-order valence-electron chi connectivity index (χ3n) is 4.14. The quantitative estimate of drug-likeness (QED) is 0.548. The molecule has 2 aliphatic carbocycles. The van der Waals surface area contributed by atoms with Crippen molar-refractivity contribution in [2.24, 2.45) is 17.3 Å². The number of aliphatic hydroxyl groups is 1. The molecule has 4 atom stereocenters. The van der Waals surface area contributed by atoms with Crippen molar-refractivity contribution < 1.29 is 5.11 Å². The minimum absolute atomic E-state index is 0.108. The predicted octanol–water partition coefficient (Wildman–Crippen LogP) is 2.36. The van der Waals surface area contributed by atoms with Gasteiger partial charge in [-0.15, -0.1) is 0 Å². The Labute approximate surface area is 74.5 Å². The van der Waals surface area contributed by atoms with Crippen molar-refractivity contribution >= 4 is 0 Å². The maximum absolute atomic E-state index is 10.1. The zero-order chi connectivity index (χ0) is 8.93. The van der Waals surface area contributed by atoms with Gasteiger partial charge in [-0.1, -0.05) is 25.5 Å². The van der Waals surface area contributed by atoms with Crippen LogP contribution >= 0.6 is 0 Å². The number of hydrogen-bond acceptors (Lipinski definition) is 1. The first-order valence-electron chi connectivity index (χ1n) is 4.92. The average Bonchev–Trinajstić information content (AvgIpc) is 2.17. The van der Waals surface area contributed by atoms with Crippen LogP contribution in [0.5, 0.6) is 0 Å². The highest BCUT2D eigenvalue weighted by Gasteiger charge is 2.48. The Kier molecular flexibility index (Phi) is 1.63. The van der Waals surface area contributed by atoms with Crippen molar-refractivity contribution in [3.63, 3.8) is 0 Å². The molecule has 1 fully saturated rings.